The number of aromatic nitrogens is 2. The topological polar surface area (TPSA) is 113 Å². The van der Waals surface area contributed by atoms with Gasteiger partial charge in [-0.2, -0.15) is 10.2 Å². The van der Waals surface area contributed by atoms with E-state index in [1.165, 1.54) is 18.3 Å². The Bertz CT molecular complexity index is 677. The number of aryl methyl sites for hydroxylation is 1. The van der Waals surface area contributed by atoms with Crippen LogP contribution in [0.3, 0.4) is 0 Å². The van der Waals surface area contributed by atoms with Crippen molar-refractivity contribution in [2.75, 3.05) is 0 Å². The Balaban J connectivity index is 2.01. The van der Waals surface area contributed by atoms with E-state index in [0.29, 0.717) is 5.56 Å². The van der Waals surface area contributed by atoms with Gasteiger partial charge in [0.1, 0.15) is 0 Å². The van der Waals surface area contributed by atoms with Gasteiger partial charge in [0.25, 0.3) is 11.6 Å². The van der Waals surface area contributed by atoms with Crippen LogP contribution in [0.4, 0.5) is 5.69 Å². The van der Waals surface area contributed by atoms with E-state index in [2.05, 4.69) is 20.7 Å². The van der Waals surface area contributed by atoms with Crippen molar-refractivity contribution in [3.63, 3.8) is 0 Å². The first-order valence-electron chi connectivity index (χ1n) is 5.66. The van der Waals surface area contributed by atoms with E-state index >= 15 is 0 Å². The minimum atomic E-state index is -0.498. The highest BCUT2D eigenvalue weighted by molar-refractivity contribution is 5.93. The number of hydrogen-bond donors (Lipinski definition) is 2. The molecule has 8 nitrogen and oxygen atoms in total. The van der Waals surface area contributed by atoms with Crippen molar-refractivity contribution in [3.8, 4) is 0 Å². The van der Waals surface area contributed by atoms with Gasteiger partial charge in [0, 0.05) is 23.4 Å². The minimum Gasteiger partial charge on any atom is -0.282 e. The summed E-state index contributed by atoms with van der Waals surface area (Å²) in [7, 11) is 0. The molecule has 0 aliphatic carbocycles. The molecular formula is C12H11N5O3. The fourth-order valence-corrected chi connectivity index (χ4v) is 1.48. The van der Waals surface area contributed by atoms with Crippen molar-refractivity contribution < 1.29 is 9.72 Å². The van der Waals surface area contributed by atoms with E-state index in [-0.39, 0.29) is 11.4 Å². The number of nitro groups is 1. The van der Waals surface area contributed by atoms with Gasteiger partial charge in [-0.05, 0) is 13.0 Å². The zero-order chi connectivity index (χ0) is 14.5. The maximum absolute atomic E-state index is 11.6. The van der Waals surface area contributed by atoms with Crippen molar-refractivity contribution in [3.05, 3.63) is 57.4 Å². The van der Waals surface area contributed by atoms with E-state index in [1.807, 2.05) is 0 Å². The highest BCUT2D eigenvalue weighted by Gasteiger charge is 2.07. The lowest BCUT2D eigenvalue weighted by molar-refractivity contribution is -0.384. The van der Waals surface area contributed by atoms with E-state index in [9.17, 15) is 14.9 Å². The molecular weight excluding hydrogens is 262 g/mol. The van der Waals surface area contributed by atoms with Crippen molar-refractivity contribution in [2.45, 2.75) is 6.92 Å². The van der Waals surface area contributed by atoms with E-state index in [0.717, 1.165) is 5.69 Å². The van der Waals surface area contributed by atoms with Crippen LogP contribution in [0.15, 0.2) is 35.4 Å². The van der Waals surface area contributed by atoms with Gasteiger partial charge in [0.15, 0.2) is 5.69 Å². The molecule has 0 saturated heterocycles. The summed E-state index contributed by atoms with van der Waals surface area (Å²) in [5.74, 6) is -0.462. The Morgan fingerprint density at radius 3 is 2.95 bits per heavy atom. The summed E-state index contributed by atoms with van der Waals surface area (Å²) in [6.07, 6.45) is 1.32. The van der Waals surface area contributed by atoms with Gasteiger partial charge < -0.3 is 0 Å². The van der Waals surface area contributed by atoms with E-state index < -0.39 is 10.8 Å². The number of nitrogens with one attached hydrogen (secondary N) is 2. The Hall–Kier alpha value is -3.03. The van der Waals surface area contributed by atoms with Crippen LogP contribution in [-0.4, -0.2) is 27.2 Å². The molecule has 0 saturated carbocycles. The summed E-state index contributed by atoms with van der Waals surface area (Å²) in [4.78, 5) is 21.7. The van der Waals surface area contributed by atoms with Gasteiger partial charge >= 0.3 is 0 Å². The number of rotatable bonds is 4. The summed E-state index contributed by atoms with van der Waals surface area (Å²) in [5, 5.41) is 20.7. The highest BCUT2D eigenvalue weighted by atomic mass is 16.6. The second-order valence-electron chi connectivity index (χ2n) is 3.99. The molecule has 20 heavy (non-hydrogen) atoms. The van der Waals surface area contributed by atoms with Gasteiger partial charge in [-0.3, -0.25) is 20.0 Å². The van der Waals surface area contributed by atoms with Crippen LogP contribution in [0.5, 0.6) is 0 Å². The summed E-state index contributed by atoms with van der Waals surface area (Å²) in [5.41, 5.74) is 3.74. The zero-order valence-electron chi connectivity index (χ0n) is 10.5. The molecule has 2 aromatic rings. The molecule has 1 amide bonds. The molecule has 0 atom stereocenters. The lowest BCUT2D eigenvalue weighted by Crippen LogP contribution is -2.18. The fourth-order valence-electron chi connectivity index (χ4n) is 1.48. The van der Waals surface area contributed by atoms with Gasteiger partial charge in [0.2, 0.25) is 0 Å². The molecule has 2 rings (SSSR count). The Labute approximate surface area is 113 Å². The molecule has 0 aliphatic rings. The number of carbonyl (C=O) groups is 1. The SMILES string of the molecule is Cc1cc(C(=O)N/N=C/c2cccc([N+](=O)[O-])c2)n[nH]1. The van der Waals surface area contributed by atoms with Crippen LogP contribution >= 0.6 is 0 Å². The first-order chi connectivity index (χ1) is 9.56. The van der Waals surface area contributed by atoms with Crippen LogP contribution in [-0.2, 0) is 0 Å². The normalized spacial score (nSPS) is 10.7. The molecule has 0 bridgehead atoms. The standard InChI is InChI=1S/C12H11N5O3/c1-8-5-11(15-14-8)12(18)16-13-7-9-3-2-4-10(6-9)17(19)20/h2-7H,1H3,(H,14,15)(H,16,18)/b13-7+. The molecule has 2 N–H and O–H groups in total. The number of benzene rings is 1. The largest absolute Gasteiger partial charge is 0.291 e. The second-order valence-corrected chi connectivity index (χ2v) is 3.99. The number of aromatic amines is 1. The maximum Gasteiger partial charge on any atom is 0.291 e. The van der Waals surface area contributed by atoms with Gasteiger partial charge in [-0.1, -0.05) is 12.1 Å². The van der Waals surface area contributed by atoms with E-state index in [1.54, 1.807) is 25.1 Å². The number of non-ortho nitro benzene ring substituents is 1. The number of nitrogens with zero attached hydrogens (tertiary/aromatic N) is 3. The molecule has 0 radical (unpaired) electrons. The van der Waals surface area contributed by atoms with Crippen LogP contribution < -0.4 is 5.43 Å². The maximum atomic E-state index is 11.6. The van der Waals surface area contributed by atoms with Crippen LogP contribution in [0.2, 0.25) is 0 Å². The predicted molar refractivity (Wildman–Crippen MR) is 71.5 cm³/mol. The third-order valence-corrected chi connectivity index (χ3v) is 2.40. The van der Waals surface area contributed by atoms with E-state index in [4.69, 9.17) is 0 Å². The monoisotopic (exact) mass is 273 g/mol. The van der Waals surface area contributed by atoms with Crippen LogP contribution in [0.25, 0.3) is 0 Å². The number of amides is 1. The number of carbonyl (C=O) groups excluding carboxylic acids is 1. The molecule has 102 valence electrons. The second kappa shape index (κ2) is 5.74. The van der Waals surface area contributed by atoms with Crippen molar-refractivity contribution >= 4 is 17.8 Å². The van der Waals surface area contributed by atoms with Gasteiger partial charge in [0.05, 0.1) is 11.1 Å². The molecule has 0 spiro atoms. The lowest BCUT2D eigenvalue weighted by Gasteiger charge is -1.96. The van der Waals surface area contributed by atoms with Crippen molar-refractivity contribution in [2.24, 2.45) is 5.10 Å². The molecule has 0 aliphatic heterocycles. The van der Waals surface area contributed by atoms with Crippen molar-refractivity contribution in [1.29, 1.82) is 0 Å². The summed E-state index contributed by atoms with van der Waals surface area (Å²) in [6.45, 7) is 1.77. The molecule has 1 aromatic heterocycles. The first kappa shape index (κ1) is 13.4. The number of hydrazone groups is 1. The average Bonchev–Trinajstić information content (AvgIpc) is 2.86. The first-order valence-corrected chi connectivity index (χ1v) is 5.66. The molecule has 1 heterocycles. The molecule has 1 aromatic carbocycles. The van der Waals surface area contributed by atoms with Gasteiger partial charge in [-0.15, -0.1) is 0 Å². The number of hydrogen-bond acceptors (Lipinski definition) is 5. The third kappa shape index (κ3) is 3.25. The average molecular weight is 273 g/mol. The Morgan fingerprint density at radius 1 is 1.50 bits per heavy atom. The number of H-pyrrole nitrogens is 1. The van der Waals surface area contributed by atoms with Crippen LogP contribution in [0, 0.1) is 17.0 Å². The highest BCUT2D eigenvalue weighted by Crippen LogP contribution is 2.11. The smallest absolute Gasteiger partial charge is 0.282 e. The molecule has 0 unspecified atom stereocenters. The lowest BCUT2D eigenvalue weighted by atomic mass is 10.2. The zero-order valence-corrected chi connectivity index (χ0v) is 10.5. The Morgan fingerprint density at radius 2 is 2.30 bits per heavy atom. The quantitative estimate of drug-likeness (QED) is 0.497. The third-order valence-electron chi connectivity index (χ3n) is 2.40. The molecule has 0 fully saturated rings. The fraction of sp³-hybridized carbons (Fsp3) is 0.0833. The summed E-state index contributed by atoms with van der Waals surface area (Å²) >= 11 is 0. The minimum absolute atomic E-state index is 0.0387. The number of nitro benzene ring substituents is 1. The summed E-state index contributed by atoms with van der Waals surface area (Å²) in [6, 6.07) is 7.49. The van der Waals surface area contributed by atoms with Crippen molar-refractivity contribution in [1.82, 2.24) is 15.6 Å². The Kier molecular flexibility index (Phi) is 3.85. The van der Waals surface area contributed by atoms with Crippen LogP contribution in [0.1, 0.15) is 21.7 Å². The molecule has 8 heteroatoms. The summed E-state index contributed by atoms with van der Waals surface area (Å²) < 4.78 is 0. The van der Waals surface area contributed by atoms with Gasteiger partial charge in [-0.25, -0.2) is 5.43 Å². The predicted octanol–water partition coefficient (Wildman–Crippen LogP) is 1.39.